The van der Waals surface area contributed by atoms with Gasteiger partial charge >= 0.3 is 5.91 Å². The van der Waals surface area contributed by atoms with E-state index < -0.39 is 39.5 Å². The van der Waals surface area contributed by atoms with Gasteiger partial charge in [0.1, 0.15) is 10.4 Å². The average molecular weight is 477 g/mol. The van der Waals surface area contributed by atoms with Gasteiger partial charge in [-0.2, -0.15) is 0 Å². The molecule has 2 fully saturated rings. The minimum Gasteiger partial charge on any atom is -0.375 e. The van der Waals surface area contributed by atoms with Gasteiger partial charge in [0.2, 0.25) is 11.8 Å². The molecule has 1 aliphatic heterocycles. The molecule has 12 heteroatoms. The molecule has 0 radical (unpaired) electrons. The quantitative estimate of drug-likeness (QED) is 0.303. The first kappa shape index (κ1) is 23.2. The van der Waals surface area contributed by atoms with Gasteiger partial charge in [-0.1, -0.05) is 0 Å². The highest BCUT2D eigenvalue weighted by Gasteiger charge is 2.51. The maximum atomic E-state index is 13.7. The summed E-state index contributed by atoms with van der Waals surface area (Å²) in [5, 5.41) is 11.0. The van der Waals surface area contributed by atoms with Gasteiger partial charge in [0.05, 0.1) is 17.8 Å². The van der Waals surface area contributed by atoms with Gasteiger partial charge in [-0.05, 0) is 25.3 Å². The lowest BCUT2D eigenvalue weighted by molar-refractivity contribution is -0.137. The van der Waals surface area contributed by atoms with Crippen molar-refractivity contribution >= 4 is 52.3 Å². The molecule has 2 aliphatic rings. The van der Waals surface area contributed by atoms with Gasteiger partial charge in [-0.3, -0.25) is 14.4 Å². The minimum atomic E-state index is -1.22. The predicted octanol–water partition coefficient (Wildman–Crippen LogP) is -0.289. The number of nitrogens with zero attached hydrogens (tertiary/aromatic N) is 1. The van der Waals surface area contributed by atoms with Crippen molar-refractivity contribution in [1.29, 1.82) is 0 Å². The SMILES string of the molecule is NC(=O)C(=[NH2+])c1cc(F)c(F)cc1NCC(=O)N1CCC[C@H]1C(=O)NC[C@H]1CC1(Cl)Cl. The highest BCUT2D eigenvalue weighted by atomic mass is 35.5. The average Bonchev–Trinajstić information content (AvgIpc) is 3.09. The Kier molecular flexibility index (Phi) is 6.70. The first-order valence-corrected chi connectivity index (χ1v) is 10.4. The molecule has 0 aromatic heterocycles. The Morgan fingerprint density at radius 3 is 2.52 bits per heavy atom. The van der Waals surface area contributed by atoms with Crippen LogP contribution >= 0.6 is 23.2 Å². The van der Waals surface area contributed by atoms with Crippen molar-refractivity contribution in [2.24, 2.45) is 11.7 Å². The topological polar surface area (TPSA) is 130 Å². The minimum absolute atomic E-state index is 0.0224. The number of primary amides is 1. The van der Waals surface area contributed by atoms with Crippen molar-refractivity contribution in [2.45, 2.75) is 29.6 Å². The first-order valence-electron chi connectivity index (χ1n) is 9.61. The smallest absolute Gasteiger partial charge is 0.313 e. The number of hydrogen-bond acceptors (Lipinski definition) is 4. The lowest BCUT2D eigenvalue weighted by atomic mass is 10.1. The zero-order chi connectivity index (χ0) is 22.9. The molecule has 1 saturated carbocycles. The lowest BCUT2D eigenvalue weighted by Gasteiger charge is -2.24. The van der Waals surface area contributed by atoms with E-state index in [1.165, 1.54) is 4.90 Å². The van der Waals surface area contributed by atoms with E-state index in [1.807, 2.05) is 0 Å². The van der Waals surface area contributed by atoms with E-state index in [-0.39, 0.29) is 29.6 Å². The van der Waals surface area contributed by atoms with E-state index >= 15 is 0 Å². The van der Waals surface area contributed by atoms with Gasteiger partial charge in [-0.15, -0.1) is 23.2 Å². The largest absolute Gasteiger partial charge is 0.375 e. The van der Waals surface area contributed by atoms with E-state index in [2.05, 4.69) is 10.6 Å². The summed E-state index contributed by atoms with van der Waals surface area (Å²) in [6.07, 6.45) is 1.73. The van der Waals surface area contributed by atoms with Crippen LogP contribution in [0.2, 0.25) is 0 Å². The Morgan fingerprint density at radius 2 is 1.90 bits per heavy atom. The van der Waals surface area contributed by atoms with Crippen LogP contribution in [0, 0.1) is 17.6 Å². The van der Waals surface area contributed by atoms with Crippen LogP contribution in [0.25, 0.3) is 0 Å². The van der Waals surface area contributed by atoms with Gasteiger partial charge in [0.15, 0.2) is 11.6 Å². The summed E-state index contributed by atoms with van der Waals surface area (Å²) in [7, 11) is 0. The summed E-state index contributed by atoms with van der Waals surface area (Å²) in [5.74, 6) is -4.19. The number of amides is 3. The fourth-order valence-corrected chi connectivity index (χ4v) is 4.02. The summed E-state index contributed by atoms with van der Waals surface area (Å²) in [5.41, 5.74) is 4.40. The monoisotopic (exact) mass is 476 g/mol. The number of nitrogens with two attached hydrogens (primary N) is 2. The van der Waals surface area contributed by atoms with Crippen LogP contribution in [0.1, 0.15) is 24.8 Å². The molecule has 1 aliphatic carbocycles. The molecule has 0 bridgehead atoms. The zero-order valence-corrected chi connectivity index (χ0v) is 17.9. The van der Waals surface area contributed by atoms with Crippen LogP contribution in [0.3, 0.4) is 0 Å². The molecule has 3 rings (SSSR count). The molecule has 31 heavy (non-hydrogen) atoms. The number of nitrogens with one attached hydrogen (secondary N) is 2. The van der Waals surface area contributed by atoms with Crippen LogP contribution in [0.15, 0.2) is 12.1 Å². The summed E-state index contributed by atoms with van der Waals surface area (Å²) >= 11 is 11.9. The molecule has 0 spiro atoms. The summed E-state index contributed by atoms with van der Waals surface area (Å²) in [6, 6.07) is 0.849. The number of benzene rings is 1. The third kappa shape index (κ3) is 5.24. The second-order valence-corrected chi connectivity index (χ2v) is 9.14. The van der Waals surface area contributed by atoms with Crippen LogP contribution < -0.4 is 21.8 Å². The molecule has 6 N–H and O–H groups in total. The molecule has 1 aromatic carbocycles. The van der Waals surface area contributed by atoms with Crippen LogP contribution in [0.4, 0.5) is 14.5 Å². The number of carbonyl (C=O) groups is 3. The van der Waals surface area contributed by atoms with Crippen molar-refractivity contribution in [3.8, 4) is 0 Å². The van der Waals surface area contributed by atoms with Crippen LogP contribution in [0.5, 0.6) is 0 Å². The second kappa shape index (κ2) is 8.96. The molecular formula is C19H22Cl2F2N5O3+. The van der Waals surface area contributed by atoms with Gasteiger partial charge in [0, 0.05) is 25.1 Å². The van der Waals surface area contributed by atoms with Crippen LogP contribution in [-0.4, -0.2) is 58.3 Å². The number of alkyl halides is 2. The fraction of sp³-hybridized carbons (Fsp3) is 0.474. The van der Waals surface area contributed by atoms with Gasteiger partial charge < -0.3 is 21.3 Å². The Bertz CT molecular complexity index is 943. The molecule has 2 atom stereocenters. The van der Waals surface area contributed by atoms with Crippen molar-refractivity contribution in [3.63, 3.8) is 0 Å². The number of rotatable bonds is 8. The number of halogens is 4. The fourth-order valence-electron chi connectivity index (χ4n) is 3.49. The van der Waals surface area contributed by atoms with Gasteiger partial charge in [-0.25, -0.2) is 14.2 Å². The normalized spacial score (nSPS) is 21.5. The Labute approximate surface area is 186 Å². The molecule has 1 saturated heterocycles. The first-order chi connectivity index (χ1) is 14.5. The standard InChI is InChI=1S/C19H21Cl2F2N5O3/c20-19(21)6-9(19)7-27-18(31)14-2-1-3-28(14)15(29)8-26-13-5-12(23)11(22)4-10(13)16(24)17(25)30/h4-5,9,14,24,26H,1-3,6-8H2,(H2,25,30)(H,27,31)/p+1/t9-,14+/m1/s1. The van der Waals surface area contributed by atoms with Gasteiger partial charge in [0.25, 0.3) is 5.71 Å². The Morgan fingerprint density at radius 1 is 1.26 bits per heavy atom. The van der Waals surface area contributed by atoms with Crippen molar-refractivity contribution < 1.29 is 28.6 Å². The van der Waals surface area contributed by atoms with Crippen LogP contribution in [-0.2, 0) is 14.4 Å². The summed E-state index contributed by atoms with van der Waals surface area (Å²) in [6.45, 7) is 0.364. The van der Waals surface area contributed by atoms with E-state index in [0.717, 1.165) is 12.1 Å². The molecular weight excluding hydrogens is 455 g/mol. The van der Waals surface area contributed by atoms with Crippen molar-refractivity contribution in [1.82, 2.24) is 10.2 Å². The second-order valence-electron chi connectivity index (χ2n) is 7.60. The maximum absolute atomic E-state index is 13.7. The highest BCUT2D eigenvalue weighted by molar-refractivity contribution is 6.50. The predicted molar refractivity (Wildman–Crippen MR) is 110 cm³/mol. The molecule has 1 aromatic rings. The zero-order valence-electron chi connectivity index (χ0n) is 16.4. The number of carbonyl (C=O) groups excluding carboxylic acids is 3. The number of likely N-dealkylation sites (tertiary alicyclic amines) is 1. The highest BCUT2D eigenvalue weighted by Crippen LogP contribution is 2.52. The summed E-state index contributed by atoms with van der Waals surface area (Å²) in [4.78, 5) is 38.0. The number of hydrogen-bond donors (Lipinski definition) is 4. The summed E-state index contributed by atoms with van der Waals surface area (Å²) < 4.78 is 26.5. The molecule has 8 nitrogen and oxygen atoms in total. The maximum Gasteiger partial charge on any atom is 0.313 e. The van der Waals surface area contributed by atoms with E-state index in [4.69, 9.17) is 34.3 Å². The van der Waals surface area contributed by atoms with E-state index in [0.29, 0.717) is 32.4 Å². The third-order valence-corrected chi connectivity index (χ3v) is 6.33. The molecule has 3 amide bonds. The lowest BCUT2D eigenvalue weighted by Crippen LogP contribution is -2.49. The third-order valence-electron chi connectivity index (χ3n) is 5.40. The van der Waals surface area contributed by atoms with E-state index in [1.54, 1.807) is 0 Å². The van der Waals surface area contributed by atoms with Crippen molar-refractivity contribution in [2.75, 3.05) is 25.0 Å². The Balaban J connectivity index is 1.63. The molecule has 0 unspecified atom stereocenters. The van der Waals surface area contributed by atoms with Crippen molar-refractivity contribution in [3.05, 3.63) is 29.3 Å². The molecule has 168 valence electrons. The number of anilines is 1. The Hall–Kier alpha value is -2.46. The van der Waals surface area contributed by atoms with E-state index in [9.17, 15) is 23.2 Å². The molecule has 1 heterocycles.